The van der Waals surface area contributed by atoms with Gasteiger partial charge in [-0.05, 0) is 44.8 Å². The zero-order valence-electron chi connectivity index (χ0n) is 8.75. The molecule has 1 unspecified atom stereocenters. The third kappa shape index (κ3) is 3.12. The van der Waals surface area contributed by atoms with E-state index in [0.717, 1.165) is 8.95 Å². The lowest BCUT2D eigenvalue weighted by atomic mass is 10.2. The molecule has 0 amide bonds. The number of ether oxygens (including phenoxy) is 1. The molecule has 0 aliphatic rings. The minimum Gasteiger partial charge on any atom is -0.495 e. The number of methoxy groups -OCH3 is 1. The maximum Gasteiger partial charge on any atom is 0.325 e. The number of carbonyl (C=O) groups is 1. The maximum absolute atomic E-state index is 10.7. The van der Waals surface area contributed by atoms with Gasteiger partial charge in [-0.25, -0.2) is 0 Å². The standard InChI is InChI=1S/C10H11Br2NO3/c1-5(10(14)15)13-8-4-9(16-2)7(12)3-6(8)11/h3-5,13H,1-2H3,(H,14,15). The van der Waals surface area contributed by atoms with Gasteiger partial charge < -0.3 is 15.2 Å². The minimum absolute atomic E-state index is 0.642. The van der Waals surface area contributed by atoms with Gasteiger partial charge in [-0.1, -0.05) is 0 Å². The van der Waals surface area contributed by atoms with Gasteiger partial charge in [0.2, 0.25) is 0 Å². The molecule has 0 aromatic heterocycles. The van der Waals surface area contributed by atoms with E-state index in [1.165, 1.54) is 0 Å². The van der Waals surface area contributed by atoms with E-state index in [1.807, 2.05) is 0 Å². The summed E-state index contributed by atoms with van der Waals surface area (Å²) in [4.78, 5) is 10.7. The van der Waals surface area contributed by atoms with Gasteiger partial charge in [-0.15, -0.1) is 0 Å². The largest absolute Gasteiger partial charge is 0.495 e. The number of hydrogen-bond donors (Lipinski definition) is 2. The molecule has 0 fully saturated rings. The van der Waals surface area contributed by atoms with Crippen molar-refractivity contribution in [2.75, 3.05) is 12.4 Å². The highest BCUT2D eigenvalue weighted by Crippen LogP contribution is 2.34. The van der Waals surface area contributed by atoms with Gasteiger partial charge in [-0.3, -0.25) is 4.79 Å². The predicted molar refractivity (Wildman–Crippen MR) is 69.1 cm³/mol. The Morgan fingerprint density at radius 1 is 1.44 bits per heavy atom. The van der Waals surface area contributed by atoms with E-state index in [1.54, 1.807) is 26.2 Å². The Morgan fingerprint density at radius 3 is 2.56 bits per heavy atom. The van der Waals surface area contributed by atoms with Crippen LogP contribution in [-0.2, 0) is 4.79 Å². The second kappa shape index (κ2) is 5.54. The second-order valence-electron chi connectivity index (χ2n) is 3.17. The van der Waals surface area contributed by atoms with Crippen LogP contribution in [0.3, 0.4) is 0 Å². The number of benzene rings is 1. The maximum atomic E-state index is 10.7. The summed E-state index contributed by atoms with van der Waals surface area (Å²) < 4.78 is 6.70. The molecule has 16 heavy (non-hydrogen) atoms. The summed E-state index contributed by atoms with van der Waals surface area (Å²) in [6.45, 7) is 1.57. The fourth-order valence-electron chi connectivity index (χ4n) is 1.09. The first-order chi connectivity index (χ1) is 7.45. The molecular weight excluding hydrogens is 342 g/mol. The molecule has 1 rings (SSSR count). The van der Waals surface area contributed by atoms with Crippen LogP contribution in [0.4, 0.5) is 5.69 Å². The molecule has 0 saturated heterocycles. The van der Waals surface area contributed by atoms with E-state index in [-0.39, 0.29) is 0 Å². The molecule has 1 aromatic carbocycles. The average molecular weight is 353 g/mol. The van der Waals surface area contributed by atoms with Gasteiger partial charge in [0.05, 0.1) is 17.3 Å². The fourth-order valence-corrected chi connectivity index (χ4v) is 2.36. The third-order valence-electron chi connectivity index (χ3n) is 1.98. The van der Waals surface area contributed by atoms with Gasteiger partial charge in [-0.2, -0.15) is 0 Å². The van der Waals surface area contributed by atoms with Gasteiger partial charge in [0.25, 0.3) is 0 Å². The highest BCUT2D eigenvalue weighted by molar-refractivity contribution is 9.11. The zero-order chi connectivity index (χ0) is 12.3. The summed E-state index contributed by atoms with van der Waals surface area (Å²) in [6, 6.07) is 2.87. The molecule has 1 aromatic rings. The third-order valence-corrected chi connectivity index (χ3v) is 3.26. The van der Waals surface area contributed by atoms with Gasteiger partial charge in [0.1, 0.15) is 11.8 Å². The summed E-state index contributed by atoms with van der Waals surface area (Å²) in [5, 5.41) is 11.7. The van der Waals surface area contributed by atoms with Crippen LogP contribution < -0.4 is 10.1 Å². The van der Waals surface area contributed by atoms with Crippen molar-refractivity contribution in [3.8, 4) is 5.75 Å². The van der Waals surface area contributed by atoms with E-state index >= 15 is 0 Å². The van der Waals surface area contributed by atoms with Gasteiger partial charge in [0.15, 0.2) is 0 Å². The van der Waals surface area contributed by atoms with Gasteiger partial charge in [0, 0.05) is 10.5 Å². The van der Waals surface area contributed by atoms with Crippen molar-refractivity contribution in [3.63, 3.8) is 0 Å². The van der Waals surface area contributed by atoms with E-state index in [0.29, 0.717) is 11.4 Å². The Hall–Kier alpha value is -0.750. The van der Waals surface area contributed by atoms with Crippen LogP contribution in [0.15, 0.2) is 21.1 Å². The topological polar surface area (TPSA) is 58.6 Å². The zero-order valence-corrected chi connectivity index (χ0v) is 11.9. The molecule has 0 heterocycles. The summed E-state index contributed by atoms with van der Waals surface area (Å²) in [5.74, 6) is -0.267. The number of carboxylic acids is 1. The summed E-state index contributed by atoms with van der Waals surface area (Å²) >= 11 is 6.68. The van der Waals surface area contributed by atoms with Crippen LogP contribution in [0.2, 0.25) is 0 Å². The predicted octanol–water partition coefficient (Wildman–Crippen LogP) is 3.11. The van der Waals surface area contributed by atoms with Gasteiger partial charge >= 0.3 is 5.97 Å². The minimum atomic E-state index is -0.909. The van der Waals surface area contributed by atoms with Crippen molar-refractivity contribution < 1.29 is 14.6 Å². The monoisotopic (exact) mass is 351 g/mol. The molecule has 6 heteroatoms. The Labute approximate surface area is 110 Å². The number of nitrogens with one attached hydrogen (secondary N) is 1. The van der Waals surface area contributed by atoms with Crippen LogP contribution in [0, 0.1) is 0 Å². The Morgan fingerprint density at radius 2 is 2.06 bits per heavy atom. The van der Waals surface area contributed by atoms with E-state index < -0.39 is 12.0 Å². The smallest absolute Gasteiger partial charge is 0.325 e. The molecule has 1 atom stereocenters. The number of rotatable bonds is 4. The first-order valence-corrected chi connectivity index (χ1v) is 6.06. The summed E-state index contributed by atoms with van der Waals surface area (Å²) in [6.07, 6.45) is 0. The molecule has 2 N–H and O–H groups in total. The highest BCUT2D eigenvalue weighted by Gasteiger charge is 2.13. The molecule has 0 saturated carbocycles. The number of aliphatic carboxylic acids is 1. The van der Waals surface area contributed by atoms with Crippen LogP contribution in [0.1, 0.15) is 6.92 Å². The van der Waals surface area contributed by atoms with Crippen molar-refractivity contribution >= 4 is 43.5 Å². The normalized spacial score (nSPS) is 12.0. The molecule has 88 valence electrons. The number of halogens is 2. The molecule has 0 aliphatic heterocycles. The molecule has 0 aliphatic carbocycles. The SMILES string of the molecule is COc1cc(NC(C)C(=O)O)c(Br)cc1Br. The lowest BCUT2D eigenvalue weighted by molar-refractivity contribution is -0.137. The van der Waals surface area contributed by atoms with Crippen molar-refractivity contribution in [3.05, 3.63) is 21.1 Å². The van der Waals surface area contributed by atoms with Crippen LogP contribution in [0.5, 0.6) is 5.75 Å². The molecular formula is C10H11Br2NO3. The lowest BCUT2D eigenvalue weighted by Gasteiger charge is -2.14. The lowest BCUT2D eigenvalue weighted by Crippen LogP contribution is -2.25. The first-order valence-electron chi connectivity index (χ1n) is 4.48. The van der Waals surface area contributed by atoms with E-state index in [9.17, 15) is 4.79 Å². The fraction of sp³-hybridized carbons (Fsp3) is 0.300. The number of hydrogen-bond acceptors (Lipinski definition) is 3. The number of anilines is 1. The summed E-state index contributed by atoms with van der Waals surface area (Å²) in [5.41, 5.74) is 0.676. The highest BCUT2D eigenvalue weighted by atomic mass is 79.9. The van der Waals surface area contributed by atoms with Crippen LogP contribution in [0.25, 0.3) is 0 Å². The molecule has 0 radical (unpaired) electrons. The van der Waals surface area contributed by atoms with Crippen molar-refractivity contribution in [2.24, 2.45) is 0 Å². The van der Waals surface area contributed by atoms with Crippen LogP contribution in [-0.4, -0.2) is 24.2 Å². The number of carboxylic acid groups (broad SMARTS) is 1. The first kappa shape index (κ1) is 13.3. The Bertz CT molecular complexity index is 409. The van der Waals surface area contributed by atoms with Crippen molar-refractivity contribution in [1.82, 2.24) is 0 Å². The van der Waals surface area contributed by atoms with E-state index in [4.69, 9.17) is 9.84 Å². The van der Waals surface area contributed by atoms with Crippen LogP contribution >= 0.6 is 31.9 Å². The summed E-state index contributed by atoms with van der Waals surface area (Å²) in [7, 11) is 1.55. The Kier molecular flexibility index (Phi) is 4.61. The quantitative estimate of drug-likeness (QED) is 0.874. The van der Waals surface area contributed by atoms with E-state index in [2.05, 4.69) is 37.2 Å². The molecule has 4 nitrogen and oxygen atoms in total. The molecule has 0 spiro atoms. The Balaban J connectivity index is 3.00. The van der Waals surface area contributed by atoms with Crippen molar-refractivity contribution in [2.45, 2.75) is 13.0 Å². The van der Waals surface area contributed by atoms with Crippen molar-refractivity contribution in [1.29, 1.82) is 0 Å². The average Bonchev–Trinajstić information content (AvgIpc) is 2.21. The molecule has 0 bridgehead atoms. The second-order valence-corrected chi connectivity index (χ2v) is 4.88.